The van der Waals surface area contributed by atoms with E-state index < -0.39 is 0 Å². The highest BCUT2D eigenvalue weighted by Crippen LogP contribution is 2.36. The number of aromatic nitrogens is 1. The van der Waals surface area contributed by atoms with Crippen molar-refractivity contribution in [2.75, 3.05) is 31.9 Å². The van der Waals surface area contributed by atoms with Crippen molar-refractivity contribution in [1.82, 2.24) is 14.8 Å². The lowest BCUT2D eigenvalue weighted by atomic mass is 9.96. The van der Waals surface area contributed by atoms with Gasteiger partial charge in [-0.2, -0.15) is 0 Å². The van der Waals surface area contributed by atoms with Gasteiger partial charge in [-0.25, -0.2) is 4.98 Å². The van der Waals surface area contributed by atoms with Crippen LogP contribution in [-0.2, 0) is 0 Å². The fourth-order valence-electron chi connectivity index (χ4n) is 5.25. The van der Waals surface area contributed by atoms with Gasteiger partial charge in [0.15, 0.2) is 0 Å². The molecule has 5 nitrogen and oxygen atoms in total. The lowest BCUT2D eigenvalue weighted by Gasteiger charge is -2.39. The number of piperazine rings is 1. The van der Waals surface area contributed by atoms with Crippen LogP contribution in [0.3, 0.4) is 0 Å². The summed E-state index contributed by atoms with van der Waals surface area (Å²) >= 11 is 1.40. The second-order valence-electron chi connectivity index (χ2n) is 9.81. The van der Waals surface area contributed by atoms with Gasteiger partial charge >= 0.3 is 0 Å². The summed E-state index contributed by atoms with van der Waals surface area (Å²) in [7, 11) is 0. The van der Waals surface area contributed by atoms with Crippen LogP contribution in [-0.4, -0.2) is 46.9 Å². The summed E-state index contributed by atoms with van der Waals surface area (Å²) in [4.78, 5) is 24.3. The number of nitrogen functional groups attached to an aromatic ring is 1. The molecule has 3 heterocycles. The molecular weight excluding hydrogens is 488 g/mol. The van der Waals surface area contributed by atoms with Gasteiger partial charge in [0.1, 0.15) is 9.71 Å². The highest BCUT2D eigenvalue weighted by atomic mass is 32.1. The molecule has 1 aliphatic heterocycles. The van der Waals surface area contributed by atoms with Gasteiger partial charge in [-0.15, -0.1) is 11.3 Å². The van der Waals surface area contributed by atoms with E-state index >= 15 is 0 Å². The molecule has 1 amide bonds. The molecule has 0 atom stereocenters. The number of thiophene rings is 1. The van der Waals surface area contributed by atoms with Crippen LogP contribution in [0, 0.1) is 6.92 Å². The number of amides is 1. The molecule has 0 saturated carbocycles. The third-order valence-corrected chi connectivity index (χ3v) is 8.44. The molecule has 3 aromatic carbocycles. The number of benzene rings is 3. The molecule has 6 heteroatoms. The van der Waals surface area contributed by atoms with Gasteiger partial charge in [0, 0.05) is 37.1 Å². The third kappa shape index (κ3) is 4.69. The topological polar surface area (TPSA) is 62.5 Å². The second kappa shape index (κ2) is 10.4. The van der Waals surface area contributed by atoms with E-state index in [4.69, 9.17) is 10.7 Å². The average Bonchev–Trinajstić information content (AvgIpc) is 3.30. The van der Waals surface area contributed by atoms with Crippen LogP contribution in [0.2, 0.25) is 0 Å². The van der Waals surface area contributed by atoms with Gasteiger partial charge in [-0.05, 0) is 30.2 Å². The largest absolute Gasteiger partial charge is 0.397 e. The standard InChI is InChI=1S/C32H30N4OS/c1-22-12-14-23(15-13-22)27-17-16-26-28(33)30(38-31(26)34-27)32(37)36-20-18-35(19-21-36)29(24-8-4-2-5-9-24)25-10-6-3-7-11-25/h2-17,29H,18-21,33H2,1H3. The molecule has 0 bridgehead atoms. The summed E-state index contributed by atoms with van der Waals surface area (Å²) in [5.41, 5.74) is 12.7. The quantitative estimate of drug-likeness (QED) is 0.292. The van der Waals surface area contributed by atoms with Gasteiger partial charge in [0.2, 0.25) is 0 Å². The predicted molar refractivity (Wildman–Crippen MR) is 156 cm³/mol. The molecular formula is C32H30N4OS. The SMILES string of the molecule is Cc1ccc(-c2ccc3c(N)c(C(=O)N4CCN(C(c5ccccc5)c5ccccc5)CC4)sc3n2)cc1. The van der Waals surface area contributed by atoms with Crippen LogP contribution in [0.1, 0.15) is 32.4 Å². The number of nitrogens with zero attached hydrogens (tertiary/aromatic N) is 3. The minimum absolute atomic E-state index is 0.00184. The van der Waals surface area contributed by atoms with Gasteiger partial charge in [0.05, 0.1) is 17.4 Å². The number of hydrogen-bond acceptors (Lipinski definition) is 5. The molecule has 2 aromatic heterocycles. The van der Waals surface area contributed by atoms with E-state index in [0.717, 1.165) is 34.6 Å². The highest BCUT2D eigenvalue weighted by Gasteiger charge is 2.30. The van der Waals surface area contributed by atoms with E-state index in [9.17, 15) is 4.79 Å². The molecule has 1 fully saturated rings. The Morgan fingerprint density at radius 1 is 0.816 bits per heavy atom. The number of pyridine rings is 1. The minimum atomic E-state index is -0.00184. The number of fused-ring (bicyclic) bond motifs is 1. The maximum atomic E-state index is 13.6. The van der Waals surface area contributed by atoms with E-state index in [1.807, 2.05) is 17.0 Å². The first-order valence-corrected chi connectivity index (χ1v) is 13.8. The summed E-state index contributed by atoms with van der Waals surface area (Å²) < 4.78 is 0. The molecule has 190 valence electrons. The van der Waals surface area contributed by atoms with E-state index in [0.29, 0.717) is 23.7 Å². The van der Waals surface area contributed by atoms with Gasteiger partial charge in [-0.3, -0.25) is 9.69 Å². The van der Waals surface area contributed by atoms with Crippen molar-refractivity contribution in [2.24, 2.45) is 0 Å². The second-order valence-corrected chi connectivity index (χ2v) is 10.8. The first-order chi connectivity index (χ1) is 18.6. The van der Waals surface area contributed by atoms with Crippen molar-refractivity contribution >= 4 is 33.1 Å². The number of anilines is 1. The number of hydrogen-bond donors (Lipinski definition) is 1. The zero-order valence-corrected chi connectivity index (χ0v) is 22.2. The Bertz CT molecular complexity index is 1520. The van der Waals surface area contributed by atoms with Gasteiger partial charge in [-0.1, -0.05) is 90.5 Å². The molecule has 6 rings (SSSR count). The Morgan fingerprint density at radius 2 is 1.42 bits per heavy atom. The Labute approximate surface area is 227 Å². The minimum Gasteiger partial charge on any atom is -0.397 e. The molecule has 0 aliphatic carbocycles. The van der Waals surface area contributed by atoms with E-state index in [1.165, 1.54) is 28.0 Å². The molecule has 38 heavy (non-hydrogen) atoms. The Balaban J connectivity index is 1.21. The number of carbonyl (C=O) groups excluding carboxylic acids is 1. The van der Waals surface area contributed by atoms with E-state index in [-0.39, 0.29) is 11.9 Å². The Morgan fingerprint density at radius 3 is 2.03 bits per heavy atom. The maximum Gasteiger partial charge on any atom is 0.266 e. The van der Waals surface area contributed by atoms with Gasteiger partial charge < -0.3 is 10.6 Å². The van der Waals surface area contributed by atoms with E-state index in [1.54, 1.807) is 0 Å². The van der Waals surface area contributed by atoms with Crippen molar-refractivity contribution in [3.8, 4) is 11.3 Å². The lowest BCUT2D eigenvalue weighted by molar-refractivity contribution is 0.0603. The Hall–Kier alpha value is -4.00. The van der Waals surface area contributed by atoms with Crippen LogP contribution in [0.4, 0.5) is 5.69 Å². The van der Waals surface area contributed by atoms with Crippen molar-refractivity contribution in [3.05, 3.63) is 119 Å². The molecule has 5 aromatic rings. The number of rotatable bonds is 5. The lowest BCUT2D eigenvalue weighted by Crippen LogP contribution is -2.49. The van der Waals surface area contributed by atoms with Crippen molar-refractivity contribution in [2.45, 2.75) is 13.0 Å². The van der Waals surface area contributed by atoms with Crippen molar-refractivity contribution < 1.29 is 4.79 Å². The summed E-state index contributed by atoms with van der Waals surface area (Å²) in [6, 6.07) is 33.7. The summed E-state index contributed by atoms with van der Waals surface area (Å²) in [6.07, 6.45) is 0. The van der Waals surface area contributed by atoms with Crippen LogP contribution < -0.4 is 5.73 Å². The van der Waals surface area contributed by atoms with Crippen LogP contribution >= 0.6 is 11.3 Å². The smallest absolute Gasteiger partial charge is 0.266 e. The fraction of sp³-hybridized carbons (Fsp3) is 0.188. The molecule has 1 aliphatic rings. The predicted octanol–water partition coefficient (Wildman–Crippen LogP) is 6.40. The van der Waals surface area contributed by atoms with Crippen molar-refractivity contribution in [3.63, 3.8) is 0 Å². The first-order valence-electron chi connectivity index (χ1n) is 13.0. The average molecular weight is 519 g/mol. The summed E-state index contributed by atoms with van der Waals surface area (Å²) in [6.45, 7) is 4.97. The molecule has 0 spiro atoms. The highest BCUT2D eigenvalue weighted by molar-refractivity contribution is 7.21. The van der Waals surface area contributed by atoms with Crippen LogP contribution in [0.15, 0.2) is 97.1 Å². The zero-order chi connectivity index (χ0) is 26.1. The third-order valence-electron chi connectivity index (χ3n) is 7.33. The summed E-state index contributed by atoms with van der Waals surface area (Å²) in [5, 5.41) is 0.848. The molecule has 0 radical (unpaired) electrons. The van der Waals surface area contributed by atoms with Gasteiger partial charge in [0.25, 0.3) is 5.91 Å². The zero-order valence-electron chi connectivity index (χ0n) is 21.4. The van der Waals surface area contributed by atoms with E-state index in [2.05, 4.69) is 96.8 Å². The molecule has 0 unspecified atom stereocenters. The van der Waals surface area contributed by atoms with Crippen molar-refractivity contribution in [1.29, 1.82) is 0 Å². The normalized spacial score (nSPS) is 14.3. The summed E-state index contributed by atoms with van der Waals surface area (Å²) in [5.74, 6) is -0.00184. The maximum absolute atomic E-state index is 13.6. The molecule has 1 saturated heterocycles. The fourth-order valence-corrected chi connectivity index (χ4v) is 6.31. The monoisotopic (exact) mass is 518 g/mol. The number of nitrogens with two attached hydrogens (primary N) is 1. The first kappa shape index (κ1) is 24.3. The van der Waals surface area contributed by atoms with Crippen LogP contribution in [0.25, 0.3) is 21.5 Å². The molecule has 2 N–H and O–H groups in total. The van der Waals surface area contributed by atoms with Crippen LogP contribution in [0.5, 0.6) is 0 Å². The number of aryl methyl sites for hydroxylation is 1. The number of carbonyl (C=O) groups is 1. The Kier molecular flexibility index (Phi) is 6.66.